The third kappa shape index (κ3) is 3.54. The second kappa shape index (κ2) is 7.76. The first-order valence-corrected chi connectivity index (χ1v) is 10.0. The first-order chi connectivity index (χ1) is 13.5. The molecule has 1 aliphatic rings. The summed E-state index contributed by atoms with van der Waals surface area (Å²) in [5.74, 6) is 0.0447. The van der Waals surface area contributed by atoms with E-state index in [1.807, 2.05) is 40.6 Å². The molecule has 1 unspecified atom stereocenters. The normalized spacial score (nSPS) is 17.4. The molecule has 0 saturated carbocycles. The number of rotatable bonds is 4. The number of benzene rings is 1. The number of hydrogen-bond donors (Lipinski definition) is 0. The maximum absolute atomic E-state index is 13.4. The summed E-state index contributed by atoms with van der Waals surface area (Å²) in [6.07, 6.45) is 5.17. The Labute approximate surface area is 166 Å². The molecule has 0 N–H and O–H groups in total. The van der Waals surface area contributed by atoms with E-state index in [0.29, 0.717) is 5.69 Å². The van der Waals surface area contributed by atoms with Gasteiger partial charge in [0.15, 0.2) is 0 Å². The molecule has 4 rings (SSSR count). The number of likely N-dealkylation sites (tertiary alicyclic amines) is 1. The number of carbonyl (C=O) groups is 1. The number of imidazole rings is 1. The zero-order valence-corrected chi connectivity index (χ0v) is 16.9. The molecule has 1 fully saturated rings. The van der Waals surface area contributed by atoms with Crippen molar-refractivity contribution >= 4 is 11.6 Å². The number of carbonyl (C=O) groups excluding carboxylic acids is 1. The molecule has 1 aromatic carbocycles. The zero-order chi connectivity index (χ0) is 19.7. The van der Waals surface area contributed by atoms with Gasteiger partial charge in [-0.1, -0.05) is 30.3 Å². The zero-order valence-electron chi connectivity index (χ0n) is 16.9. The Kier molecular flexibility index (Phi) is 5.18. The maximum atomic E-state index is 13.4. The first kappa shape index (κ1) is 18.7. The fourth-order valence-corrected chi connectivity index (χ4v) is 4.19. The minimum atomic E-state index is 0.0447. The van der Waals surface area contributed by atoms with Crippen molar-refractivity contribution in [3.63, 3.8) is 0 Å². The van der Waals surface area contributed by atoms with Crippen molar-refractivity contribution in [2.24, 2.45) is 0 Å². The van der Waals surface area contributed by atoms with Crippen molar-refractivity contribution in [1.82, 2.24) is 19.2 Å². The number of piperidine rings is 1. The molecule has 146 valence electrons. The van der Waals surface area contributed by atoms with E-state index < -0.39 is 0 Å². The molecular formula is C23H28N4O. The lowest BCUT2D eigenvalue weighted by Crippen LogP contribution is -2.39. The highest BCUT2D eigenvalue weighted by molar-refractivity contribution is 5.94. The standard InChI is InChI=1S/C23H28N4O/c1-17-22(24-21-9-5-7-14-26(17)21)23(28)27-15-6-4-8-20(27)19-12-10-18(11-13-19)16-25(2)3/h5,7,9-14,20H,4,6,8,15-16H2,1-3H3. The van der Waals surface area contributed by atoms with Crippen LogP contribution in [0.5, 0.6) is 0 Å². The summed E-state index contributed by atoms with van der Waals surface area (Å²) in [5.41, 5.74) is 4.81. The van der Waals surface area contributed by atoms with Gasteiger partial charge in [0.25, 0.3) is 5.91 Å². The summed E-state index contributed by atoms with van der Waals surface area (Å²) < 4.78 is 1.99. The van der Waals surface area contributed by atoms with Crippen molar-refractivity contribution in [2.75, 3.05) is 20.6 Å². The topological polar surface area (TPSA) is 40.9 Å². The largest absolute Gasteiger partial charge is 0.330 e. The van der Waals surface area contributed by atoms with Gasteiger partial charge in [0.2, 0.25) is 0 Å². The lowest BCUT2D eigenvalue weighted by molar-refractivity contribution is 0.0605. The molecule has 3 heterocycles. The predicted octanol–water partition coefficient (Wildman–Crippen LogP) is 4.07. The molecule has 5 nitrogen and oxygen atoms in total. The average molecular weight is 377 g/mol. The third-order valence-electron chi connectivity index (χ3n) is 5.60. The number of aryl methyl sites for hydroxylation is 1. The van der Waals surface area contributed by atoms with Gasteiger partial charge in [0.1, 0.15) is 11.3 Å². The molecule has 0 spiro atoms. The van der Waals surface area contributed by atoms with Crippen LogP contribution in [0.3, 0.4) is 0 Å². The Morgan fingerprint density at radius 1 is 1.14 bits per heavy atom. The summed E-state index contributed by atoms with van der Waals surface area (Å²) in [4.78, 5) is 22.2. The van der Waals surface area contributed by atoms with E-state index >= 15 is 0 Å². The molecule has 28 heavy (non-hydrogen) atoms. The molecule has 0 bridgehead atoms. The highest BCUT2D eigenvalue weighted by Gasteiger charge is 2.31. The fraction of sp³-hybridized carbons (Fsp3) is 0.391. The number of pyridine rings is 1. The summed E-state index contributed by atoms with van der Waals surface area (Å²) >= 11 is 0. The maximum Gasteiger partial charge on any atom is 0.274 e. The van der Waals surface area contributed by atoms with Crippen LogP contribution in [-0.4, -0.2) is 45.7 Å². The monoisotopic (exact) mass is 376 g/mol. The molecule has 1 saturated heterocycles. The number of aromatic nitrogens is 2. The van der Waals surface area contributed by atoms with Crippen LogP contribution in [0.1, 0.15) is 52.6 Å². The van der Waals surface area contributed by atoms with Crippen molar-refractivity contribution in [3.05, 3.63) is 71.2 Å². The molecule has 0 aliphatic carbocycles. The van der Waals surface area contributed by atoms with Gasteiger partial charge >= 0.3 is 0 Å². The van der Waals surface area contributed by atoms with Crippen LogP contribution in [0.2, 0.25) is 0 Å². The minimum Gasteiger partial charge on any atom is -0.330 e. The number of hydrogen-bond acceptors (Lipinski definition) is 3. The van der Waals surface area contributed by atoms with Crippen LogP contribution in [0.15, 0.2) is 48.7 Å². The quantitative estimate of drug-likeness (QED) is 0.689. The minimum absolute atomic E-state index is 0.0447. The fourth-order valence-electron chi connectivity index (χ4n) is 4.19. The Balaban J connectivity index is 1.63. The van der Waals surface area contributed by atoms with E-state index in [9.17, 15) is 4.79 Å². The van der Waals surface area contributed by atoms with Crippen molar-refractivity contribution in [3.8, 4) is 0 Å². The Morgan fingerprint density at radius 3 is 2.64 bits per heavy atom. The number of amides is 1. The van der Waals surface area contributed by atoms with Gasteiger partial charge in [-0.2, -0.15) is 0 Å². The van der Waals surface area contributed by atoms with Gasteiger partial charge in [-0.25, -0.2) is 4.98 Å². The Morgan fingerprint density at radius 2 is 1.93 bits per heavy atom. The van der Waals surface area contributed by atoms with Gasteiger partial charge in [-0.3, -0.25) is 4.79 Å². The number of fused-ring (bicyclic) bond motifs is 1. The van der Waals surface area contributed by atoms with Gasteiger partial charge in [0, 0.05) is 19.3 Å². The van der Waals surface area contributed by atoms with Gasteiger partial charge < -0.3 is 14.2 Å². The molecule has 1 amide bonds. The van der Waals surface area contributed by atoms with E-state index in [2.05, 4.69) is 48.2 Å². The van der Waals surface area contributed by atoms with Crippen LogP contribution >= 0.6 is 0 Å². The second-order valence-electron chi connectivity index (χ2n) is 7.96. The van der Waals surface area contributed by atoms with Crippen molar-refractivity contribution in [2.45, 2.75) is 38.8 Å². The predicted molar refractivity (Wildman–Crippen MR) is 111 cm³/mol. The number of nitrogens with zero attached hydrogens (tertiary/aromatic N) is 4. The molecule has 2 aromatic heterocycles. The highest BCUT2D eigenvalue weighted by Crippen LogP contribution is 2.32. The van der Waals surface area contributed by atoms with Crippen LogP contribution in [-0.2, 0) is 6.54 Å². The third-order valence-corrected chi connectivity index (χ3v) is 5.60. The molecule has 1 aliphatic heterocycles. The SMILES string of the molecule is Cc1c(C(=O)N2CCCCC2c2ccc(CN(C)C)cc2)nc2ccccn12. The van der Waals surface area contributed by atoms with Crippen LogP contribution < -0.4 is 0 Å². The van der Waals surface area contributed by atoms with Crippen molar-refractivity contribution in [1.29, 1.82) is 0 Å². The molecular weight excluding hydrogens is 348 g/mol. The van der Waals surface area contributed by atoms with E-state index in [0.717, 1.165) is 43.7 Å². The van der Waals surface area contributed by atoms with Crippen LogP contribution in [0.25, 0.3) is 5.65 Å². The Bertz CT molecular complexity index is 974. The summed E-state index contributed by atoms with van der Waals surface area (Å²) in [6.45, 7) is 3.69. The smallest absolute Gasteiger partial charge is 0.274 e. The van der Waals surface area contributed by atoms with Crippen LogP contribution in [0, 0.1) is 6.92 Å². The van der Waals surface area contributed by atoms with Gasteiger partial charge in [-0.05, 0) is 63.5 Å². The molecule has 0 radical (unpaired) electrons. The lowest BCUT2D eigenvalue weighted by Gasteiger charge is -2.36. The van der Waals surface area contributed by atoms with Gasteiger partial charge in [0.05, 0.1) is 11.7 Å². The van der Waals surface area contributed by atoms with E-state index in [1.54, 1.807) is 0 Å². The second-order valence-corrected chi connectivity index (χ2v) is 7.96. The van der Waals surface area contributed by atoms with E-state index in [4.69, 9.17) is 0 Å². The van der Waals surface area contributed by atoms with E-state index in [1.165, 1.54) is 11.1 Å². The molecule has 5 heteroatoms. The van der Waals surface area contributed by atoms with E-state index in [-0.39, 0.29) is 11.9 Å². The Hall–Kier alpha value is -2.66. The van der Waals surface area contributed by atoms with Crippen LogP contribution in [0.4, 0.5) is 0 Å². The summed E-state index contributed by atoms with van der Waals surface area (Å²) in [7, 11) is 4.15. The molecule has 3 aromatic rings. The summed E-state index contributed by atoms with van der Waals surface area (Å²) in [5, 5.41) is 0. The summed E-state index contributed by atoms with van der Waals surface area (Å²) in [6, 6.07) is 14.7. The molecule has 1 atom stereocenters. The first-order valence-electron chi connectivity index (χ1n) is 10.0. The van der Waals surface area contributed by atoms with Crippen molar-refractivity contribution < 1.29 is 4.79 Å². The average Bonchev–Trinajstić information content (AvgIpc) is 3.04. The highest BCUT2D eigenvalue weighted by atomic mass is 16.2. The van der Waals surface area contributed by atoms with Gasteiger partial charge in [-0.15, -0.1) is 0 Å². The lowest BCUT2D eigenvalue weighted by atomic mass is 9.94.